The molecule has 4 heteroatoms. The number of nitrogens with one attached hydrogen (secondary N) is 1. The van der Waals surface area contributed by atoms with Gasteiger partial charge < -0.3 is 10.2 Å². The maximum atomic E-state index is 12.5. The first-order valence-corrected chi connectivity index (χ1v) is 7.71. The first-order chi connectivity index (χ1) is 10.0. The van der Waals surface area contributed by atoms with Crippen molar-refractivity contribution in [2.45, 2.75) is 58.2 Å². The molecule has 2 rings (SSSR count). The molecule has 0 aliphatic carbocycles. The fourth-order valence-electron chi connectivity index (χ4n) is 2.89. The van der Waals surface area contributed by atoms with Crippen molar-refractivity contribution in [3.05, 3.63) is 35.9 Å². The predicted molar refractivity (Wildman–Crippen MR) is 82.8 cm³/mol. The molecule has 0 radical (unpaired) electrons. The van der Waals surface area contributed by atoms with Gasteiger partial charge in [0.2, 0.25) is 11.8 Å². The number of carbonyl (C=O) groups is 2. The minimum Gasteiger partial charge on any atom is -0.343 e. The summed E-state index contributed by atoms with van der Waals surface area (Å²) in [6, 6.07) is 9.54. The zero-order valence-electron chi connectivity index (χ0n) is 13.0. The van der Waals surface area contributed by atoms with Gasteiger partial charge in [-0.25, -0.2) is 0 Å². The summed E-state index contributed by atoms with van der Waals surface area (Å²) >= 11 is 0. The molecule has 0 aromatic heterocycles. The minimum atomic E-state index is -0.383. The Hall–Kier alpha value is -1.84. The quantitative estimate of drug-likeness (QED) is 0.902. The van der Waals surface area contributed by atoms with E-state index in [4.69, 9.17) is 0 Å². The second-order valence-electron chi connectivity index (χ2n) is 5.76. The Bertz CT molecular complexity index is 501. The van der Waals surface area contributed by atoms with Gasteiger partial charge in [0.25, 0.3) is 0 Å². The van der Waals surface area contributed by atoms with Gasteiger partial charge in [0.1, 0.15) is 12.1 Å². The van der Waals surface area contributed by atoms with Crippen molar-refractivity contribution in [2.75, 3.05) is 0 Å². The molecule has 1 N–H and O–H groups in total. The normalized spacial score (nSPS) is 23.9. The lowest BCUT2D eigenvalue weighted by Gasteiger charge is -2.41. The molecular weight excluding hydrogens is 264 g/mol. The molecule has 3 atom stereocenters. The first kappa shape index (κ1) is 15.5. The van der Waals surface area contributed by atoms with E-state index in [1.54, 1.807) is 11.8 Å². The Labute approximate surface area is 126 Å². The molecule has 3 unspecified atom stereocenters. The molecule has 2 amide bonds. The molecule has 21 heavy (non-hydrogen) atoms. The van der Waals surface area contributed by atoms with Crippen LogP contribution in [-0.4, -0.2) is 34.8 Å². The predicted octanol–water partition coefficient (Wildman–Crippen LogP) is 2.13. The number of nitrogens with zero attached hydrogens (tertiary/aromatic N) is 1. The SMILES string of the molecule is CCC1NC(=O)C(C)N(C(C)CCc2ccccc2)C1=O. The van der Waals surface area contributed by atoms with Gasteiger partial charge in [-0.1, -0.05) is 37.3 Å². The van der Waals surface area contributed by atoms with Crippen molar-refractivity contribution in [2.24, 2.45) is 0 Å². The monoisotopic (exact) mass is 288 g/mol. The van der Waals surface area contributed by atoms with E-state index in [9.17, 15) is 9.59 Å². The number of benzene rings is 1. The molecule has 1 aliphatic heterocycles. The Kier molecular flexibility index (Phi) is 4.99. The van der Waals surface area contributed by atoms with Gasteiger partial charge in [-0.15, -0.1) is 0 Å². The van der Waals surface area contributed by atoms with Gasteiger partial charge in [-0.3, -0.25) is 9.59 Å². The molecule has 0 bridgehead atoms. The number of amides is 2. The van der Waals surface area contributed by atoms with E-state index in [0.29, 0.717) is 6.42 Å². The highest BCUT2D eigenvalue weighted by Crippen LogP contribution is 2.18. The van der Waals surface area contributed by atoms with Crippen LogP contribution in [0.2, 0.25) is 0 Å². The highest BCUT2D eigenvalue weighted by molar-refractivity contribution is 5.96. The summed E-state index contributed by atoms with van der Waals surface area (Å²) in [6.07, 6.45) is 2.42. The van der Waals surface area contributed by atoms with Crippen molar-refractivity contribution in [1.82, 2.24) is 10.2 Å². The fourth-order valence-corrected chi connectivity index (χ4v) is 2.89. The van der Waals surface area contributed by atoms with E-state index in [-0.39, 0.29) is 29.9 Å². The van der Waals surface area contributed by atoms with Crippen molar-refractivity contribution in [3.63, 3.8) is 0 Å². The largest absolute Gasteiger partial charge is 0.343 e. The molecular formula is C17H24N2O2. The Balaban J connectivity index is 2.03. The van der Waals surface area contributed by atoms with Crippen LogP contribution in [0.5, 0.6) is 0 Å². The Morgan fingerprint density at radius 1 is 1.24 bits per heavy atom. The minimum absolute atomic E-state index is 0.0464. The smallest absolute Gasteiger partial charge is 0.246 e. The molecule has 1 heterocycles. The topological polar surface area (TPSA) is 49.4 Å². The lowest BCUT2D eigenvalue weighted by Crippen LogP contribution is -2.64. The van der Waals surface area contributed by atoms with Crippen LogP contribution in [-0.2, 0) is 16.0 Å². The van der Waals surface area contributed by atoms with Gasteiger partial charge >= 0.3 is 0 Å². The summed E-state index contributed by atoms with van der Waals surface area (Å²) in [6.45, 7) is 5.76. The third-order valence-electron chi connectivity index (χ3n) is 4.24. The molecule has 1 saturated heterocycles. The number of hydrogen-bond acceptors (Lipinski definition) is 2. The molecule has 1 fully saturated rings. The molecule has 1 aromatic rings. The zero-order chi connectivity index (χ0) is 15.4. The van der Waals surface area contributed by atoms with E-state index in [2.05, 4.69) is 17.4 Å². The maximum absolute atomic E-state index is 12.5. The highest BCUT2D eigenvalue weighted by atomic mass is 16.2. The number of hydrogen-bond donors (Lipinski definition) is 1. The second kappa shape index (κ2) is 6.74. The fraction of sp³-hybridized carbons (Fsp3) is 0.529. The van der Waals surface area contributed by atoms with E-state index < -0.39 is 0 Å². The van der Waals surface area contributed by atoms with E-state index in [1.807, 2.05) is 32.0 Å². The summed E-state index contributed by atoms with van der Waals surface area (Å²) in [4.78, 5) is 26.2. The molecule has 114 valence electrons. The standard InChI is InChI=1S/C17H24N2O2/c1-4-15-17(21)19(13(3)16(20)18-15)12(2)10-11-14-8-6-5-7-9-14/h5-9,12-13,15H,4,10-11H2,1-3H3,(H,18,20). The van der Waals surface area contributed by atoms with Gasteiger partial charge in [0, 0.05) is 6.04 Å². The second-order valence-corrected chi connectivity index (χ2v) is 5.76. The molecule has 0 saturated carbocycles. The van der Waals surface area contributed by atoms with Crippen molar-refractivity contribution < 1.29 is 9.59 Å². The van der Waals surface area contributed by atoms with E-state index >= 15 is 0 Å². The number of rotatable bonds is 5. The van der Waals surface area contributed by atoms with Crippen molar-refractivity contribution in [1.29, 1.82) is 0 Å². The van der Waals surface area contributed by atoms with Crippen LogP contribution in [0.1, 0.15) is 39.2 Å². The van der Waals surface area contributed by atoms with Crippen LogP contribution in [0.25, 0.3) is 0 Å². The number of piperazine rings is 1. The summed E-state index contributed by atoms with van der Waals surface area (Å²) in [5.41, 5.74) is 1.26. The van der Waals surface area contributed by atoms with Gasteiger partial charge in [0.05, 0.1) is 0 Å². The first-order valence-electron chi connectivity index (χ1n) is 7.71. The lowest BCUT2D eigenvalue weighted by atomic mass is 10.00. The van der Waals surface area contributed by atoms with Gasteiger partial charge in [-0.2, -0.15) is 0 Å². The van der Waals surface area contributed by atoms with Gasteiger partial charge in [-0.05, 0) is 38.7 Å². The third-order valence-corrected chi connectivity index (χ3v) is 4.24. The molecule has 1 aliphatic rings. The highest BCUT2D eigenvalue weighted by Gasteiger charge is 2.39. The van der Waals surface area contributed by atoms with Crippen LogP contribution >= 0.6 is 0 Å². The van der Waals surface area contributed by atoms with Crippen molar-refractivity contribution in [3.8, 4) is 0 Å². The van der Waals surface area contributed by atoms with Crippen LogP contribution in [0.3, 0.4) is 0 Å². The summed E-state index contributed by atoms with van der Waals surface area (Å²) in [5, 5.41) is 2.79. The van der Waals surface area contributed by atoms with Crippen LogP contribution in [0, 0.1) is 0 Å². The maximum Gasteiger partial charge on any atom is 0.246 e. The molecule has 4 nitrogen and oxygen atoms in total. The van der Waals surface area contributed by atoms with Crippen LogP contribution in [0.4, 0.5) is 0 Å². The summed E-state index contributed by atoms with van der Waals surface area (Å²) in [7, 11) is 0. The average molecular weight is 288 g/mol. The Morgan fingerprint density at radius 3 is 2.52 bits per heavy atom. The number of aryl methyl sites for hydroxylation is 1. The van der Waals surface area contributed by atoms with Crippen molar-refractivity contribution >= 4 is 11.8 Å². The number of carbonyl (C=O) groups excluding carboxylic acids is 2. The molecule has 0 spiro atoms. The third kappa shape index (κ3) is 3.43. The Morgan fingerprint density at radius 2 is 1.90 bits per heavy atom. The summed E-state index contributed by atoms with van der Waals surface area (Å²) < 4.78 is 0. The average Bonchev–Trinajstić information content (AvgIpc) is 2.50. The van der Waals surface area contributed by atoms with Crippen LogP contribution in [0.15, 0.2) is 30.3 Å². The summed E-state index contributed by atoms with van der Waals surface area (Å²) in [5.74, 6) is -0.00169. The zero-order valence-corrected chi connectivity index (χ0v) is 13.0. The van der Waals surface area contributed by atoms with E-state index in [0.717, 1.165) is 12.8 Å². The lowest BCUT2D eigenvalue weighted by molar-refractivity contribution is -0.151. The molecule has 1 aromatic carbocycles. The van der Waals surface area contributed by atoms with Gasteiger partial charge in [0.15, 0.2) is 0 Å². The van der Waals surface area contributed by atoms with Crippen LogP contribution < -0.4 is 5.32 Å². The van der Waals surface area contributed by atoms with E-state index in [1.165, 1.54) is 5.56 Å².